The number of nitrogens with zero attached hydrogens (tertiary/aromatic N) is 1. The fourth-order valence-electron chi connectivity index (χ4n) is 1.40. The summed E-state index contributed by atoms with van der Waals surface area (Å²) in [6, 6.07) is 1.27. The van der Waals surface area contributed by atoms with Crippen LogP contribution in [-0.4, -0.2) is 18.1 Å². The molecule has 0 aromatic carbocycles. The molecule has 0 amide bonds. The van der Waals surface area contributed by atoms with Crippen LogP contribution in [0.3, 0.4) is 0 Å². The first-order valence-electron chi connectivity index (χ1n) is 4.72. The molecular formula is C10H11F2IN2O2. The third kappa shape index (κ3) is 3.56. The van der Waals surface area contributed by atoms with Gasteiger partial charge in [0, 0.05) is 12.1 Å². The van der Waals surface area contributed by atoms with Crippen molar-refractivity contribution in [3.05, 3.63) is 26.6 Å². The topological polar surface area (TPSA) is 65.2 Å². The summed E-state index contributed by atoms with van der Waals surface area (Å²) in [4.78, 5) is 15.2. The molecular weight excluding hydrogens is 345 g/mol. The first-order chi connectivity index (χ1) is 7.99. The van der Waals surface area contributed by atoms with E-state index < -0.39 is 12.4 Å². The fraction of sp³-hybridized carbons (Fsp3) is 0.400. The van der Waals surface area contributed by atoms with E-state index >= 15 is 0 Å². The van der Waals surface area contributed by atoms with Crippen LogP contribution in [0.2, 0.25) is 0 Å². The third-order valence-corrected chi connectivity index (χ3v) is 2.74. The minimum absolute atomic E-state index is 0.0874. The highest BCUT2D eigenvalue weighted by Gasteiger charge is 2.19. The summed E-state index contributed by atoms with van der Waals surface area (Å²) in [7, 11) is 1.23. The van der Waals surface area contributed by atoms with Gasteiger partial charge in [0.1, 0.15) is 3.70 Å². The van der Waals surface area contributed by atoms with E-state index in [9.17, 15) is 13.6 Å². The molecule has 94 valence electrons. The van der Waals surface area contributed by atoms with Crippen LogP contribution in [0.5, 0.6) is 0 Å². The summed E-state index contributed by atoms with van der Waals surface area (Å²) in [5, 5.41) is 0. The van der Waals surface area contributed by atoms with Gasteiger partial charge in [-0.15, -0.1) is 0 Å². The molecule has 0 fully saturated rings. The Morgan fingerprint density at radius 3 is 2.76 bits per heavy atom. The lowest BCUT2D eigenvalue weighted by Crippen LogP contribution is -2.14. The molecule has 0 spiro atoms. The van der Waals surface area contributed by atoms with Crippen molar-refractivity contribution in [2.24, 2.45) is 5.73 Å². The lowest BCUT2D eigenvalue weighted by Gasteiger charge is -2.12. The van der Waals surface area contributed by atoms with Crippen molar-refractivity contribution in [2.45, 2.75) is 19.4 Å². The molecule has 0 unspecified atom stereocenters. The molecule has 1 aromatic heterocycles. The van der Waals surface area contributed by atoms with Crippen LogP contribution < -0.4 is 5.73 Å². The van der Waals surface area contributed by atoms with Crippen molar-refractivity contribution in [2.75, 3.05) is 7.11 Å². The molecule has 0 saturated heterocycles. The van der Waals surface area contributed by atoms with Gasteiger partial charge in [0.25, 0.3) is 6.43 Å². The highest BCUT2D eigenvalue weighted by molar-refractivity contribution is 14.1. The van der Waals surface area contributed by atoms with Crippen molar-refractivity contribution in [1.29, 1.82) is 0 Å². The van der Waals surface area contributed by atoms with Crippen LogP contribution in [0.4, 0.5) is 8.78 Å². The molecule has 17 heavy (non-hydrogen) atoms. The molecule has 0 saturated carbocycles. The Bertz CT molecular complexity index is 427. The maximum absolute atomic E-state index is 12.8. The normalized spacial score (nSPS) is 10.7. The van der Waals surface area contributed by atoms with Crippen LogP contribution in [0.15, 0.2) is 6.07 Å². The fourth-order valence-corrected chi connectivity index (χ4v) is 2.02. The van der Waals surface area contributed by atoms with Gasteiger partial charge in [0.15, 0.2) is 0 Å². The number of hydrogen-bond acceptors (Lipinski definition) is 4. The van der Waals surface area contributed by atoms with Gasteiger partial charge in [-0.2, -0.15) is 0 Å². The van der Waals surface area contributed by atoms with Gasteiger partial charge in [-0.3, -0.25) is 4.79 Å². The maximum atomic E-state index is 12.8. The maximum Gasteiger partial charge on any atom is 0.311 e. The molecule has 7 heteroatoms. The van der Waals surface area contributed by atoms with E-state index in [1.54, 1.807) is 0 Å². The molecule has 4 nitrogen and oxygen atoms in total. The summed E-state index contributed by atoms with van der Waals surface area (Å²) >= 11 is 1.82. The monoisotopic (exact) mass is 356 g/mol. The van der Waals surface area contributed by atoms with Crippen molar-refractivity contribution in [1.82, 2.24) is 4.98 Å². The number of hydrogen-bond donors (Lipinski definition) is 1. The highest BCUT2D eigenvalue weighted by atomic mass is 127. The number of alkyl halides is 2. The smallest absolute Gasteiger partial charge is 0.311 e. The third-order valence-electron chi connectivity index (χ3n) is 2.19. The number of methoxy groups -OCH3 is 1. The van der Waals surface area contributed by atoms with E-state index in [1.165, 1.54) is 13.2 Å². The number of ether oxygens (including phenoxy) is 1. The number of aromatic nitrogens is 1. The standard InChI is InChI=1S/C10H11F2IN2O2/c1-17-9(16)3-7-6(4-14)5(10(11)12)2-8(13)15-7/h2,10H,3-4,14H2,1H3. The zero-order valence-electron chi connectivity index (χ0n) is 9.04. The summed E-state index contributed by atoms with van der Waals surface area (Å²) in [6.07, 6.45) is -2.79. The van der Waals surface area contributed by atoms with Crippen LogP contribution >= 0.6 is 22.6 Å². The second kappa shape index (κ2) is 6.20. The van der Waals surface area contributed by atoms with Crippen LogP contribution in [0.25, 0.3) is 0 Å². The first kappa shape index (κ1) is 14.2. The Kier molecular flexibility index (Phi) is 5.19. The zero-order chi connectivity index (χ0) is 13.0. The van der Waals surface area contributed by atoms with Gasteiger partial charge in [-0.1, -0.05) is 0 Å². The zero-order valence-corrected chi connectivity index (χ0v) is 11.2. The Morgan fingerprint density at radius 1 is 1.65 bits per heavy atom. The average Bonchev–Trinajstić information content (AvgIpc) is 2.28. The quantitative estimate of drug-likeness (QED) is 0.508. The number of esters is 1. The minimum Gasteiger partial charge on any atom is -0.469 e. The van der Waals surface area contributed by atoms with E-state index in [-0.39, 0.29) is 29.8 Å². The average molecular weight is 356 g/mol. The SMILES string of the molecule is COC(=O)Cc1nc(I)cc(C(F)F)c1CN. The first-order valence-corrected chi connectivity index (χ1v) is 5.80. The van der Waals surface area contributed by atoms with Gasteiger partial charge in [0.05, 0.1) is 19.2 Å². The van der Waals surface area contributed by atoms with E-state index in [4.69, 9.17) is 5.73 Å². The summed E-state index contributed by atoms with van der Waals surface area (Å²) in [5.41, 5.74) is 5.72. The van der Waals surface area contributed by atoms with Gasteiger partial charge >= 0.3 is 5.97 Å². The molecule has 1 heterocycles. The van der Waals surface area contributed by atoms with Crippen molar-refractivity contribution >= 4 is 28.6 Å². The molecule has 0 aliphatic heterocycles. The van der Waals surface area contributed by atoms with E-state index in [0.717, 1.165) is 0 Å². The van der Waals surface area contributed by atoms with Crippen molar-refractivity contribution in [3.8, 4) is 0 Å². The second-order valence-corrected chi connectivity index (χ2v) is 4.32. The molecule has 0 aliphatic carbocycles. The second-order valence-electron chi connectivity index (χ2n) is 3.22. The number of nitrogens with two attached hydrogens (primary N) is 1. The highest BCUT2D eigenvalue weighted by Crippen LogP contribution is 2.26. The summed E-state index contributed by atoms with van der Waals surface area (Å²) in [5.74, 6) is -0.533. The van der Waals surface area contributed by atoms with Crippen LogP contribution in [-0.2, 0) is 22.5 Å². The predicted octanol–water partition coefficient (Wildman–Crippen LogP) is 1.80. The molecule has 0 bridgehead atoms. The molecule has 1 rings (SSSR count). The lowest BCUT2D eigenvalue weighted by molar-refractivity contribution is -0.139. The largest absolute Gasteiger partial charge is 0.469 e. The number of carbonyl (C=O) groups excluding carboxylic acids is 1. The van der Waals surface area contributed by atoms with E-state index in [0.29, 0.717) is 3.70 Å². The molecule has 0 atom stereocenters. The Morgan fingerprint density at radius 2 is 2.29 bits per heavy atom. The predicted molar refractivity (Wildman–Crippen MR) is 65.5 cm³/mol. The molecule has 0 radical (unpaired) electrons. The Labute approximate surface area is 111 Å². The van der Waals surface area contributed by atoms with Gasteiger partial charge in [-0.05, 0) is 34.2 Å². The summed E-state index contributed by atoms with van der Waals surface area (Å²) in [6.45, 7) is -0.0874. The Hall–Kier alpha value is -0.830. The van der Waals surface area contributed by atoms with Crippen molar-refractivity contribution in [3.63, 3.8) is 0 Å². The van der Waals surface area contributed by atoms with Gasteiger partial charge < -0.3 is 10.5 Å². The van der Waals surface area contributed by atoms with Gasteiger partial charge in [0.2, 0.25) is 0 Å². The Balaban J connectivity index is 3.23. The van der Waals surface area contributed by atoms with E-state index in [1.807, 2.05) is 22.6 Å². The number of carbonyl (C=O) groups is 1. The van der Waals surface area contributed by atoms with Crippen LogP contribution in [0.1, 0.15) is 23.2 Å². The van der Waals surface area contributed by atoms with Crippen molar-refractivity contribution < 1.29 is 18.3 Å². The van der Waals surface area contributed by atoms with E-state index in [2.05, 4.69) is 9.72 Å². The minimum atomic E-state index is -2.64. The number of rotatable bonds is 4. The van der Waals surface area contributed by atoms with Crippen LogP contribution in [0, 0.1) is 3.70 Å². The number of halogens is 3. The summed E-state index contributed by atoms with van der Waals surface area (Å²) < 4.78 is 30.5. The molecule has 0 aliphatic rings. The molecule has 1 aromatic rings. The van der Waals surface area contributed by atoms with Gasteiger partial charge in [-0.25, -0.2) is 13.8 Å². The number of pyridine rings is 1. The molecule has 2 N–H and O–H groups in total. The lowest BCUT2D eigenvalue weighted by atomic mass is 10.0.